The van der Waals surface area contributed by atoms with Crippen molar-refractivity contribution < 1.29 is 19.1 Å². The lowest BCUT2D eigenvalue weighted by molar-refractivity contribution is -0.117. The zero-order valence-electron chi connectivity index (χ0n) is 23.0. The van der Waals surface area contributed by atoms with Gasteiger partial charge in [-0.1, -0.05) is 50.2 Å². The van der Waals surface area contributed by atoms with Crippen LogP contribution in [0.1, 0.15) is 29.9 Å². The highest BCUT2D eigenvalue weighted by molar-refractivity contribution is 6.01. The van der Waals surface area contributed by atoms with Crippen LogP contribution in [-0.2, 0) is 4.79 Å². The molecule has 0 aliphatic heterocycles. The average molecular weight is 527 g/mol. The summed E-state index contributed by atoms with van der Waals surface area (Å²) in [5, 5.41) is 7.83. The zero-order chi connectivity index (χ0) is 27.9. The third-order valence-corrected chi connectivity index (χ3v) is 6.22. The van der Waals surface area contributed by atoms with E-state index in [4.69, 9.17) is 14.6 Å². The smallest absolute Gasteiger partial charge is 0.254 e. The second-order valence-corrected chi connectivity index (χ2v) is 9.64. The number of aromatic nitrogens is 2. The number of hydrogen-bond acceptors (Lipinski definition) is 5. The molecule has 0 saturated carbocycles. The van der Waals surface area contributed by atoms with Crippen molar-refractivity contribution in [2.75, 3.05) is 32.6 Å². The van der Waals surface area contributed by atoms with Crippen molar-refractivity contribution in [3.63, 3.8) is 0 Å². The summed E-state index contributed by atoms with van der Waals surface area (Å²) >= 11 is 0. The molecule has 1 heterocycles. The van der Waals surface area contributed by atoms with Crippen LogP contribution >= 0.6 is 0 Å². The van der Waals surface area contributed by atoms with Gasteiger partial charge in [-0.2, -0.15) is 5.10 Å². The van der Waals surface area contributed by atoms with Crippen LogP contribution < -0.4 is 14.8 Å². The molecule has 0 radical (unpaired) electrons. The molecule has 4 aromatic rings. The molecule has 0 bridgehead atoms. The fraction of sp³-hybridized carbons (Fsp3) is 0.258. The fourth-order valence-corrected chi connectivity index (χ4v) is 4.45. The summed E-state index contributed by atoms with van der Waals surface area (Å²) in [7, 11) is 3.17. The lowest BCUT2D eigenvalue weighted by Crippen LogP contribution is -2.40. The lowest BCUT2D eigenvalue weighted by atomic mass is 10.1. The Hall–Kier alpha value is -4.59. The number of ether oxygens (including phenoxy) is 2. The normalized spacial score (nSPS) is 10.8. The van der Waals surface area contributed by atoms with Crippen LogP contribution in [-0.4, -0.2) is 53.8 Å². The van der Waals surface area contributed by atoms with E-state index < -0.39 is 0 Å². The molecule has 0 aliphatic carbocycles. The van der Waals surface area contributed by atoms with E-state index in [-0.39, 0.29) is 24.3 Å². The molecule has 0 unspecified atom stereocenters. The van der Waals surface area contributed by atoms with E-state index in [9.17, 15) is 9.59 Å². The molecule has 8 nitrogen and oxygen atoms in total. The summed E-state index contributed by atoms with van der Waals surface area (Å²) in [5.74, 6) is 1.45. The van der Waals surface area contributed by atoms with Crippen LogP contribution in [0, 0.1) is 12.8 Å². The van der Waals surface area contributed by atoms with E-state index in [1.54, 1.807) is 48.1 Å². The molecule has 202 valence electrons. The van der Waals surface area contributed by atoms with Crippen LogP contribution in [0.3, 0.4) is 0 Å². The maximum Gasteiger partial charge on any atom is 0.254 e. The Morgan fingerprint density at radius 3 is 2.26 bits per heavy atom. The quantitative estimate of drug-likeness (QED) is 0.291. The van der Waals surface area contributed by atoms with Gasteiger partial charge in [-0.05, 0) is 60.9 Å². The molecule has 4 rings (SSSR count). The monoisotopic (exact) mass is 526 g/mol. The largest absolute Gasteiger partial charge is 0.497 e. The molecule has 0 atom stereocenters. The second-order valence-electron chi connectivity index (χ2n) is 9.64. The number of nitrogens with zero attached hydrogens (tertiary/aromatic N) is 3. The number of hydrogen-bond donors (Lipinski definition) is 1. The molecule has 0 spiro atoms. The Balaban J connectivity index is 1.68. The molecular formula is C31H34N4O4. The summed E-state index contributed by atoms with van der Waals surface area (Å²) in [6.45, 7) is 6.25. The number of anilines is 1. The van der Waals surface area contributed by atoms with Crippen molar-refractivity contribution >= 4 is 17.6 Å². The van der Waals surface area contributed by atoms with Gasteiger partial charge in [0.1, 0.15) is 23.9 Å². The highest BCUT2D eigenvalue weighted by Crippen LogP contribution is 2.33. The number of carbonyl (C=O) groups is 2. The van der Waals surface area contributed by atoms with E-state index in [1.807, 2.05) is 75.4 Å². The Kier molecular flexibility index (Phi) is 8.66. The minimum Gasteiger partial charge on any atom is -0.497 e. The Labute approximate surface area is 229 Å². The van der Waals surface area contributed by atoms with Crippen LogP contribution in [0.15, 0.2) is 78.9 Å². The summed E-state index contributed by atoms with van der Waals surface area (Å²) in [6, 6.07) is 24.2. The van der Waals surface area contributed by atoms with Gasteiger partial charge in [0.2, 0.25) is 5.91 Å². The average Bonchev–Trinajstić information content (AvgIpc) is 3.27. The molecule has 0 saturated heterocycles. The van der Waals surface area contributed by atoms with Crippen LogP contribution in [0.25, 0.3) is 16.8 Å². The van der Waals surface area contributed by atoms with Gasteiger partial charge in [-0.25, -0.2) is 4.68 Å². The van der Waals surface area contributed by atoms with E-state index in [0.717, 1.165) is 28.3 Å². The molecule has 0 fully saturated rings. The highest BCUT2D eigenvalue weighted by atomic mass is 16.5. The first kappa shape index (κ1) is 27.4. The van der Waals surface area contributed by atoms with Gasteiger partial charge < -0.3 is 19.7 Å². The number of rotatable bonds is 10. The molecule has 3 aromatic carbocycles. The molecule has 2 amide bonds. The molecule has 0 aliphatic rings. The van der Waals surface area contributed by atoms with Crippen molar-refractivity contribution in [3.8, 4) is 28.3 Å². The summed E-state index contributed by atoms with van der Waals surface area (Å²) in [5.41, 5.74) is 3.74. The van der Waals surface area contributed by atoms with Crippen molar-refractivity contribution in [1.82, 2.24) is 14.7 Å². The van der Waals surface area contributed by atoms with E-state index in [0.29, 0.717) is 23.7 Å². The fourth-order valence-electron chi connectivity index (χ4n) is 4.45. The number of carbonyl (C=O) groups excluding carboxylic acids is 2. The van der Waals surface area contributed by atoms with Crippen molar-refractivity contribution in [3.05, 3.63) is 90.1 Å². The minimum atomic E-state index is -0.321. The third kappa shape index (κ3) is 6.46. The van der Waals surface area contributed by atoms with E-state index >= 15 is 0 Å². The first-order valence-corrected chi connectivity index (χ1v) is 12.8. The van der Waals surface area contributed by atoms with Crippen LogP contribution in [0.4, 0.5) is 5.82 Å². The predicted octanol–water partition coefficient (Wildman–Crippen LogP) is 5.60. The molecular weight excluding hydrogens is 492 g/mol. The molecule has 8 heteroatoms. The number of aryl methyl sites for hydroxylation is 1. The van der Waals surface area contributed by atoms with Gasteiger partial charge in [-0.3, -0.25) is 9.59 Å². The minimum absolute atomic E-state index is 0.116. The van der Waals surface area contributed by atoms with Gasteiger partial charge in [0.05, 0.1) is 25.6 Å². The highest BCUT2D eigenvalue weighted by Gasteiger charge is 2.24. The van der Waals surface area contributed by atoms with Gasteiger partial charge in [0.15, 0.2) is 0 Å². The van der Waals surface area contributed by atoms with Gasteiger partial charge in [-0.15, -0.1) is 0 Å². The van der Waals surface area contributed by atoms with Crippen LogP contribution in [0.5, 0.6) is 11.5 Å². The van der Waals surface area contributed by atoms with Gasteiger partial charge >= 0.3 is 0 Å². The zero-order valence-corrected chi connectivity index (χ0v) is 23.0. The molecule has 39 heavy (non-hydrogen) atoms. The van der Waals surface area contributed by atoms with Gasteiger partial charge in [0, 0.05) is 17.7 Å². The number of benzene rings is 3. The summed E-state index contributed by atoms with van der Waals surface area (Å²) < 4.78 is 12.3. The maximum absolute atomic E-state index is 13.5. The Bertz CT molecular complexity index is 1430. The van der Waals surface area contributed by atoms with E-state index in [2.05, 4.69) is 5.32 Å². The summed E-state index contributed by atoms with van der Waals surface area (Å²) in [4.78, 5) is 28.6. The maximum atomic E-state index is 13.5. The standard InChI is InChI=1S/C31H34N4O4/c1-21(2)19-34(31(37)24-12-9-13-27(18-24)39-5)20-28(36)32-30-29(23-10-7-6-8-11-23)22(3)33-35(30)25-14-16-26(38-4)17-15-25/h6-18,21H,19-20H2,1-5H3,(H,32,36). The molecule has 1 N–H and O–H groups in total. The second kappa shape index (κ2) is 12.3. The predicted molar refractivity (Wildman–Crippen MR) is 153 cm³/mol. The SMILES string of the molecule is COc1ccc(-n2nc(C)c(-c3ccccc3)c2NC(=O)CN(CC(C)C)C(=O)c2cccc(OC)c2)cc1. The van der Waals surface area contributed by atoms with Crippen molar-refractivity contribution in [2.45, 2.75) is 20.8 Å². The lowest BCUT2D eigenvalue weighted by Gasteiger charge is -2.24. The van der Waals surface area contributed by atoms with E-state index in [1.165, 1.54) is 0 Å². The number of methoxy groups -OCH3 is 2. The first-order chi connectivity index (χ1) is 18.8. The summed E-state index contributed by atoms with van der Waals surface area (Å²) in [6.07, 6.45) is 0. The number of nitrogens with one attached hydrogen (secondary N) is 1. The molecule has 1 aromatic heterocycles. The van der Waals surface area contributed by atoms with Gasteiger partial charge in [0.25, 0.3) is 5.91 Å². The first-order valence-electron chi connectivity index (χ1n) is 12.8. The Morgan fingerprint density at radius 1 is 0.923 bits per heavy atom. The Morgan fingerprint density at radius 2 is 1.62 bits per heavy atom. The van der Waals surface area contributed by atoms with Crippen molar-refractivity contribution in [1.29, 1.82) is 0 Å². The van der Waals surface area contributed by atoms with Crippen molar-refractivity contribution in [2.24, 2.45) is 5.92 Å². The third-order valence-electron chi connectivity index (χ3n) is 6.22. The topological polar surface area (TPSA) is 85.7 Å². The van der Waals surface area contributed by atoms with Crippen LogP contribution in [0.2, 0.25) is 0 Å². The number of amides is 2.